The molecule has 0 aromatic heterocycles. The van der Waals surface area contributed by atoms with Gasteiger partial charge in [-0.3, -0.25) is 0 Å². The van der Waals surface area contributed by atoms with Gasteiger partial charge in [0.05, 0.1) is 0 Å². The molecule has 2 unspecified atom stereocenters. The Labute approximate surface area is 63.0 Å². The summed E-state index contributed by atoms with van der Waals surface area (Å²) in [5.74, 6) is 4.05. The van der Waals surface area contributed by atoms with Crippen LogP contribution in [-0.4, -0.2) is 6.54 Å². The monoisotopic (exact) mass is 139 g/mol. The Morgan fingerprint density at radius 3 is 2.40 bits per heavy atom. The van der Waals surface area contributed by atoms with Crippen molar-refractivity contribution in [1.29, 1.82) is 0 Å². The summed E-state index contributed by atoms with van der Waals surface area (Å²) in [6.07, 6.45) is 4.41. The lowest BCUT2D eigenvalue weighted by Crippen LogP contribution is -2.24. The van der Waals surface area contributed by atoms with Crippen LogP contribution in [0.15, 0.2) is 0 Å². The molecule has 0 aliphatic heterocycles. The number of hydrogen-bond donors (Lipinski definition) is 1. The van der Waals surface area contributed by atoms with E-state index in [9.17, 15) is 0 Å². The van der Waals surface area contributed by atoms with Crippen LogP contribution in [0.3, 0.4) is 0 Å². The third-order valence-electron chi connectivity index (χ3n) is 3.30. The molecule has 2 atom stereocenters. The van der Waals surface area contributed by atoms with Crippen molar-refractivity contribution in [3.63, 3.8) is 0 Å². The molecule has 0 aromatic carbocycles. The minimum Gasteiger partial charge on any atom is -0.330 e. The van der Waals surface area contributed by atoms with Gasteiger partial charge in [0, 0.05) is 0 Å². The molecular formula is C9H17N. The number of hydrogen-bond acceptors (Lipinski definition) is 1. The Morgan fingerprint density at radius 2 is 2.00 bits per heavy atom. The molecule has 2 rings (SSSR count). The van der Waals surface area contributed by atoms with Gasteiger partial charge in [-0.05, 0) is 49.5 Å². The van der Waals surface area contributed by atoms with E-state index in [2.05, 4.69) is 6.92 Å². The van der Waals surface area contributed by atoms with Gasteiger partial charge in [-0.15, -0.1) is 0 Å². The van der Waals surface area contributed by atoms with E-state index in [4.69, 9.17) is 5.73 Å². The molecule has 2 fully saturated rings. The van der Waals surface area contributed by atoms with Crippen molar-refractivity contribution in [3.8, 4) is 0 Å². The fourth-order valence-electron chi connectivity index (χ4n) is 2.43. The second-order valence-corrected chi connectivity index (χ2v) is 4.23. The molecule has 2 aliphatic rings. The van der Waals surface area contributed by atoms with Crippen LogP contribution in [0.25, 0.3) is 0 Å². The van der Waals surface area contributed by atoms with Gasteiger partial charge in [-0.2, -0.15) is 0 Å². The van der Waals surface area contributed by atoms with Crippen molar-refractivity contribution < 1.29 is 0 Å². The van der Waals surface area contributed by atoms with Crippen LogP contribution < -0.4 is 5.73 Å². The van der Waals surface area contributed by atoms with Crippen molar-refractivity contribution in [2.45, 2.75) is 26.2 Å². The van der Waals surface area contributed by atoms with Gasteiger partial charge >= 0.3 is 0 Å². The molecule has 2 saturated carbocycles. The highest BCUT2D eigenvalue weighted by molar-refractivity contribution is 4.96. The standard InChI is InChI=1S/C9H17N/c1-6-2-7(3-6)9-4-8(9)5-10/h6-9H,2-5,10H2,1H3. The van der Waals surface area contributed by atoms with Crippen LogP contribution in [0, 0.1) is 23.7 Å². The first-order valence-corrected chi connectivity index (χ1v) is 4.51. The number of rotatable bonds is 2. The Hall–Kier alpha value is -0.0400. The zero-order valence-corrected chi connectivity index (χ0v) is 6.72. The highest BCUT2D eigenvalue weighted by Crippen LogP contribution is 2.52. The van der Waals surface area contributed by atoms with Crippen LogP contribution in [0.2, 0.25) is 0 Å². The SMILES string of the molecule is CC1CC(C2CC2CN)C1. The van der Waals surface area contributed by atoms with Crippen molar-refractivity contribution in [3.05, 3.63) is 0 Å². The summed E-state index contributed by atoms with van der Waals surface area (Å²) in [5, 5.41) is 0. The maximum atomic E-state index is 5.58. The van der Waals surface area contributed by atoms with Crippen LogP contribution in [0.5, 0.6) is 0 Å². The minimum atomic E-state index is 0.914. The quantitative estimate of drug-likeness (QED) is 0.618. The predicted molar refractivity (Wildman–Crippen MR) is 42.5 cm³/mol. The maximum Gasteiger partial charge on any atom is -0.00460 e. The van der Waals surface area contributed by atoms with Gasteiger partial charge in [0.15, 0.2) is 0 Å². The van der Waals surface area contributed by atoms with Crippen LogP contribution >= 0.6 is 0 Å². The Kier molecular flexibility index (Phi) is 1.48. The van der Waals surface area contributed by atoms with Gasteiger partial charge in [-0.25, -0.2) is 0 Å². The first-order valence-electron chi connectivity index (χ1n) is 4.51. The molecule has 0 aromatic rings. The highest BCUT2D eigenvalue weighted by atomic mass is 14.6. The average molecular weight is 139 g/mol. The van der Waals surface area contributed by atoms with Crippen LogP contribution in [-0.2, 0) is 0 Å². The molecule has 1 heteroatoms. The predicted octanol–water partition coefficient (Wildman–Crippen LogP) is 1.63. The molecule has 0 amide bonds. The average Bonchev–Trinajstić information content (AvgIpc) is 2.59. The molecule has 10 heavy (non-hydrogen) atoms. The molecule has 58 valence electrons. The lowest BCUT2D eigenvalue weighted by atomic mass is 9.73. The molecular weight excluding hydrogens is 122 g/mol. The maximum absolute atomic E-state index is 5.58. The van der Waals surface area contributed by atoms with E-state index in [0.29, 0.717) is 0 Å². The Morgan fingerprint density at radius 1 is 1.30 bits per heavy atom. The van der Waals surface area contributed by atoms with Crippen LogP contribution in [0.4, 0.5) is 0 Å². The largest absolute Gasteiger partial charge is 0.330 e. The van der Waals surface area contributed by atoms with E-state index in [1.807, 2.05) is 0 Å². The summed E-state index contributed by atoms with van der Waals surface area (Å²) in [6, 6.07) is 0. The Bertz CT molecular complexity index is 127. The van der Waals surface area contributed by atoms with Crippen molar-refractivity contribution in [2.75, 3.05) is 6.54 Å². The third-order valence-corrected chi connectivity index (χ3v) is 3.30. The third kappa shape index (κ3) is 0.968. The summed E-state index contributed by atoms with van der Waals surface area (Å²) in [4.78, 5) is 0. The first-order chi connectivity index (χ1) is 4.81. The zero-order chi connectivity index (χ0) is 7.14. The van der Waals surface area contributed by atoms with E-state index in [-0.39, 0.29) is 0 Å². The van der Waals surface area contributed by atoms with E-state index in [1.165, 1.54) is 19.3 Å². The minimum absolute atomic E-state index is 0.914. The molecule has 1 nitrogen and oxygen atoms in total. The molecule has 0 bridgehead atoms. The second kappa shape index (κ2) is 2.23. The molecule has 0 radical (unpaired) electrons. The first kappa shape index (κ1) is 6.66. The number of nitrogens with two attached hydrogens (primary N) is 1. The van der Waals surface area contributed by atoms with Gasteiger partial charge in [0.25, 0.3) is 0 Å². The fourth-order valence-corrected chi connectivity index (χ4v) is 2.43. The summed E-state index contributed by atoms with van der Waals surface area (Å²) in [5.41, 5.74) is 5.58. The van der Waals surface area contributed by atoms with Gasteiger partial charge in [0.2, 0.25) is 0 Å². The van der Waals surface area contributed by atoms with E-state index in [1.54, 1.807) is 0 Å². The summed E-state index contributed by atoms with van der Waals surface area (Å²) in [6.45, 7) is 3.30. The normalized spacial score (nSPS) is 52.2. The van der Waals surface area contributed by atoms with Gasteiger partial charge in [0.1, 0.15) is 0 Å². The molecule has 0 saturated heterocycles. The van der Waals surface area contributed by atoms with Gasteiger partial charge < -0.3 is 5.73 Å². The Balaban J connectivity index is 1.73. The summed E-state index contributed by atoms with van der Waals surface area (Å²) in [7, 11) is 0. The smallest absolute Gasteiger partial charge is 0.00460 e. The molecule has 0 spiro atoms. The lowest BCUT2D eigenvalue weighted by molar-refractivity contribution is 0.178. The van der Waals surface area contributed by atoms with Crippen molar-refractivity contribution >= 4 is 0 Å². The second-order valence-electron chi connectivity index (χ2n) is 4.23. The summed E-state index contributed by atoms with van der Waals surface area (Å²) >= 11 is 0. The summed E-state index contributed by atoms with van der Waals surface area (Å²) < 4.78 is 0. The van der Waals surface area contributed by atoms with E-state index >= 15 is 0 Å². The topological polar surface area (TPSA) is 26.0 Å². The van der Waals surface area contributed by atoms with Crippen molar-refractivity contribution in [1.82, 2.24) is 0 Å². The van der Waals surface area contributed by atoms with Crippen molar-refractivity contribution in [2.24, 2.45) is 29.4 Å². The fraction of sp³-hybridized carbons (Fsp3) is 1.00. The van der Waals surface area contributed by atoms with E-state index in [0.717, 1.165) is 30.2 Å². The highest BCUT2D eigenvalue weighted by Gasteiger charge is 2.45. The zero-order valence-electron chi connectivity index (χ0n) is 6.72. The van der Waals surface area contributed by atoms with Gasteiger partial charge in [-0.1, -0.05) is 6.92 Å². The molecule has 0 heterocycles. The molecule has 2 aliphatic carbocycles. The van der Waals surface area contributed by atoms with Crippen LogP contribution in [0.1, 0.15) is 26.2 Å². The lowest BCUT2D eigenvalue weighted by Gasteiger charge is -2.33. The van der Waals surface area contributed by atoms with E-state index < -0.39 is 0 Å². The molecule has 2 N–H and O–H groups in total.